The van der Waals surface area contributed by atoms with Gasteiger partial charge in [-0.3, -0.25) is 16.0 Å². The molecule has 0 aliphatic heterocycles. The summed E-state index contributed by atoms with van der Waals surface area (Å²) >= 11 is 0. The molecule has 1 aromatic rings. The van der Waals surface area contributed by atoms with Crippen LogP contribution in [0.1, 0.15) is 12.5 Å². The van der Waals surface area contributed by atoms with Gasteiger partial charge in [0, 0.05) is 18.8 Å². The summed E-state index contributed by atoms with van der Waals surface area (Å²) in [4.78, 5) is 0. The standard InChI is InChI=1S/C11H18F4N4O/c1-2-19-5-8(4-17-19)3-9(18-16)6-20-7-11(14,15)10(12)13/h4-5,9-10,18H,2-3,6-7,16H2,1H3. The molecule has 1 heterocycles. The van der Waals surface area contributed by atoms with E-state index in [0.717, 1.165) is 5.56 Å². The molecule has 0 saturated carbocycles. The van der Waals surface area contributed by atoms with Gasteiger partial charge in [-0.1, -0.05) is 0 Å². The smallest absolute Gasteiger partial charge is 0.330 e. The van der Waals surface area contributed by atoms with Crippen molar-refractivity contribution in [1.82, 2.24) is 15.2 Å². The van der Waals surface area contributed by atoms with Gasteiger partial charge in [0.15, 0.2) is 0 Å². The Morgan fingerprint density at radius 2 is 2.20 bits per heavy atom. The Morgan fingerprint density at radius 3 is 2.70 bits per heavy atom. The SMILES string of the molecule is CCn1cc(CC(COCC(F)(F)C(F)F)NN)cn1. The van der Waals surface area contributed by atoms with Crippen LogP contribution in [0.4, 0.5) is 17.6 Å². The normalized spacial score (nSPS) is 13.9. The third-order valence-electron chi connectivity index (χ3n) is 2.66. The average molecular weight is 298 g/mol. The second-order valence-corrected chi connectivity index (χ2v) is 4.35. The molecule has 0 bridgehead atoms. The number of aromatic nitrogens is 2. The van der Waals surface area contributed by atoms with Gasteiger partial charge in [-0.15, -0.1) is 0 Å². The summed E-state index contributed by atoms with van der Waals surface area (Å²) in [5.41, 5.74) is 3.25. The lowest BCUT2D eigenvalue weighted by Gasteiger charge is -2.19. The van der Waals surface area contributed by atoms with Gasteiger partial charge in [-0.05, 0) is 18.9 Å². The van der Waals surface area contributed by atoms with Crippen molar-refractivity contribution in [2.45, 2.75) is 38.3 Å². The Kier molecular flexibility index (Phi) is 6.37. The first-order valence-corrected chi connectivity index (χ1v) is 6.10. The molecule has 0 radical (unpaired) electrons. The summed E-state index contributed by atoms with van der Waals surface area (Å²) in [7, 11) is 0. The number of aryl methyl sites for hydroxylation is 1. The van der Waals surface area contributed by atoms with Crippen molar-refractivity contribution >= 4 is 0 Å². The van der Waals surface area contributed by atoms with Crippen LogP contribution in [0.3, 0.4) is 0 Å². The average Bonchev–Trinajstić information content (AvgIpc) is 2.84. The van der Waals surface area contributed by atoms with Crippen LogP contribution in [-0.4, -0.2) is 41.4 Å². The van der Waals surface area contributed by atoms with E-state index in [1.165, 1.54) is 0 Å². The highest BCUT2D eigenvalue weighted by molar-refractivity contribution is 5.06. The molecule has 1 atom stereocenters. The van der Waals surface area contributed by atoms with Crippen molar-refractivity contribution in [2.75, 3.05) is 13.2 Å². The van der Waals surface area contributed by atoms with Crippen molar-refractivity contribution in [3.63, 3.8) is 0 Å². The summed E-state index contributed by atoms with van der Waals surface area (Å²) < 4.78 is 55.4. The summed E-state index contributed by atoms with van der Waals surface area (Å²) in [5, 5.41) is 4.05. The molecule has 0 fully saturated rings. The Hall–Kier alpha value is -1.19. The predicted octanol–water partition coefficient (Wildman–Crippen LogP) is 1.19. The molecular formula is C11H18F4N4O. The van der Waals surface area contributed by atoms with Crippen molar-refractivity contribution < 1.29 is 22.3 Å². The van der Waals surface area contributed by atoms with Gasteiger partial charge in [0.2, 0.25) is 0 Å². The zero-order chi connectivity index (χ0) is 15.2. The molecule has 1 unspecified atom stereocenters. The Bertz CT molecular complexity index is 400. The monoisotopic (exact) mass is 298 g/mol. The first kappa shape index (κ1) is 16.9. The van der Waals surface area contributed by atoms with E-state index >= 15 is 0 Å². The third-order valence-corrected chi connectivity index (χ3v) is 2.66. The fourth-order valence-corrected chi connectivity index (χ4v) is 1.54. The molecule has 5 nitrogen and oxygen atoms in total. The molecule has 0 aliphatic rings. The summed E-state index contributed by atoms with van der Waals surface area (Å²) in [6.07, 6.45) is 0.0748. The van der Waals surface area contributed by atoms with E-state index in [2.05, 4.69) is 15.3 Å². The van der Waals surface area contributed by atoms with Gasteiger partial charge in [0.25, 0.3) is 0 Å². The first-order chi connectivity index (χ1) is 9.39. The van der Waals surface area contributed by atoms with Crippen molar-refractivity contribution in [3.8, 4) is 0 Å². The lowest BCUT2D eigenvalue weighted by Crippen LogP contribution is -2.42. The molecule has 3 N–H and O–H groups in total. The van der Waals surface area contributed by atoms with Crippen LogP contribution in [0.5, 0.6) is 0 Å². The minimum Gasteiger partial charge on any atom is -0.373 e. The fourth-order valence-electron chi connectivity index (χ4n) is 1.54. The number of nitrogens with zero attached hydrogens (tertiary/aromatic N) is 2. The maximum atomic E-state index is 12.6. The number of hydrazine groups is 1. The van der Waals surface area contributed by atoms with Gasteiger partial charge in [-0.25, -0.2) is 8.78 Å². The molecule has 20 heavy (non-hydrogen) atoms. The van der Waals surface area contributed by atoms with Gasteiger partial charge >= 0.3 is 12.3 Å². The number of hydrogen-bond donors (Lipinski definition) is 2. The van der Waals surface area contributed by atoms with Crippen molar-refractivity contribution in [2.24, 2.45) is 5.84 Å². The lowest BCUT2D eigenvalue weighted by atomic mass is 10.1. The number of nitrogens with two attached hydrogens (primary N) is 1. The second-order valence-electron chi connectivity index (χ2n) is 4.35. The number of rotatable bonds is 9. The Balaban J connectivity index is 2.40. The molecule has 116 valence electrons. The number of ether oxygens (including phenoxy) is 1. The summed E-state index contributed by atoms with van der Waals surface area (Å²) in [6, 6.07) is -0.460. The minimum absolute atomic E-state index is 0.198. The second kappa shape index (κ2) is 7.55. The predicted molar refractivity (Wildman–Crippen MR) is 64.5 cm³/mol. The third kappa shape index (κ3) is 5.06. The van der Waals surface area contributed by atoms with Crippen LogP contribution >= 0.6 is 0 Å². The van der Waals surface area contributed by atoms with Gasteiger partial charge < -0.3 is 4.74 Å². The van der Waals surface area contributed by atoms with E-state index in [4.69, 9.17) is 5.84 Å². The van der Waals surface area contributed by atoms with Crippen LogP contribution in [0.15, 0.2) is 12.4 Å². The minimum atomic E-state index is -4.15. The molecular weight excluding hydrogens is 280 g/mol. The highest BCUT2D eigenvalue weighted by Crippen LogP contribution is 2.22. The molecule has 0 aromatic carbocycles. The van der Waals surface area contributed by atoms with Crippen molar-refractivity contribution in [3.05, 3.63) is 18.0 Å². The number of nitrogens with one attached hydrogen (secondary N) is 1. The van der Waals surface area contributed by atoms with Crippen LogP contribution < -0.4 is 11.3 Å². The molecule has 0 aliphatic carbocycles. The molecule has 0 amide bonds. The molecule has 0 spiro atoms. The van der Waals surface area contributed by atoms with E-state index in [9.17, 15) is 17.6 Å². The maximum Gasteiger partial charge on any atom is 0.330 e. The van der Waals surface area contributed by atoms with Crippen LogP contribution in [-0.2, 0) is 17.7 Å². The Labute approximate surface area is 114 Å². The van der Waals surface area contributed by atoms with Crippen LogP contribution in [0.25, 0.3) is 0 Å². The summed E-state index contributed by atoms with van der Waals surface area (Å²) in [6.45, 7) is 1.09. The molecule has 1 rings (SSSR count). The topological polar surface area (TPSA) is 65.1 Å². The van der Waals surface area contributed by atoms with E-state index in [0.29, 0.717) is 13.0 Å². The van der Waals surface area contributed by atoms with E-state index in [-0.39, 0.29) is 6.61 Å². The Morgan fingerprint density at radius 1 is 1.50 bits per heavy atom. The van der Waals surface area contributed by atoms with Gasteiger partial charge in [-0.2, -0.15) is 13.9 Å². The van der Waals surface area contributed by atoms with E-state index < -0.39 is 25.0 Å². The van der Waals surface area contributed by atoms with Gasteiger partial charge in [0.05, 0.1) is 12.8 Å². The number of halogens is 4. The maximum absolute atomic E-state index is 12.6. The highest BCUT2D eigenvalue weighted by Gasteiger charge is 2.41. The first-order valence-electron chi connectivity index (χ1n) is 6.10. The number of hydrogen-bond acceptors (Lipinski definition) is 4. The largest absolute Gasteiger partial charge is 0.373 e. The summed E-state index contributed by atoms with van der Waals surface area (Å²) in [5.74, 6) is 1.13. The van der Waals surface area contributed by atoms with E-state index in [1.54, 1.807) is 17.1 Å². The van der Waals surface area contributed by atoms with Gasteiger partial charge in [0.1, 0.15) is 6.61 Å². The molecule has 1 aromatic heterocycles. The van der Waals surface area contributed by atoms with Crippen LogP contribution in [0, 0.1) is 0 Å². The van der Waals surface area contributed by atoms with Crippen molar-refractivity contribution in [1.29, 1.82) is 0 Å². The number of alkyl halides is 4. The molecule has 9 heteroatoms. The highest BCUT2D eigenvalue weighted by atomic mass is 19.3. The van der Waals surface area contributed by atoms with E-state index in [1.807, 2.05) is 6.92 Å². The fraction of sp³-hybridized carbons (Fsp3) is 0.727. The lowest BCUT2D eigenvalue weighted by molar-refractivity contribution is -0.167. The van der Waals surface area contributed by atoms with Crippen LogP contribution in [0.2, 0.25) is 0 Å². The zero-order valence-corrected chi connectivity index (χ0v) is 11.0. The zero-order valence-electron chi connectivity index (χ0n) is 11.0. The molecule has 0 saturated heterocycles. The quantitative estimate of drug-likeness (QED) is 0.408.